The number of carbonyl (C=O) groups excluding carboxylic acids is 1. The van der Waals surface area contributed by atoms with Crippen molar-refractivity contribution in [2.45, 2.75) is 57.5 Å². The maximum absolute atomic E-state index is 12.4. The minimum Gasteiger partial charge on any atom is -0.410 e. The summed E-state index contributed by atoms with van der Waals surface area (Å²) in [5, 5.41) is 10.5. The molecule has 1 heterocycles. The first-order valence-electron chi connectivity index (χ1n) is 13.8. The van der Waals surface area contributed by atoms with Gasteiger partial charge in [0, 0.05) is 31.0 Å². The number of nitrogens with two attached hydrogens (primary N) is 1. The van der Waals surface area contributed by atoms with Gasteiger partial charge < -0.3 is 35.2 Å². The molecule has 5 rings (SSSR count). The number of phosphoric acid groups is 1. The first-order valence-corrected chi connectivity index (χ1v) is 16.4. The zero-order valence-electron chi connectivity index (χ0n) is 23.4. The molecule has 0 spiro atoms. The van der Waals surface area contributed by atoms with E-state index in [1.54, 1.807) is 4.90 Å². The number of alkyl halides is 2. The van der Waals surface area contributed by atoms with Gasteiger partial charge in [0.2, 0.25) is 0 Å². The summed E-state index contributed by atoms with van der Waals surface area (Å²) < 4.78 is 14.5. The van der Waals surface area contributed by atoms with Crippen LogP contribution in [-0.2, 0) is 11.0 Å². The van der Waals surface area contributed by atoms with Crippen LogP contribution in [0.15, 0.2) is 35.3 Å². The molecule has 0 saturated heterocycles. The Bertz CT molecular complexity index is 1300. The number of halogens is 2. The van der Waals surface area contributed by atoms with Gasteiger partial charge in [0.15, 0.2) is 0 Å². The van der Waals surface area contributed by atoms with Crippen LogP contribution in [0.5, 0.6) is 5.75 Å². The van der Waals surface area contributed by atoms with Gasteiger partial charge in [-0.25, -0.2) is 19.1 Å². The Balaban J connectivity index is 0.000000309. The van der Waals surface area contributed by atoms with E-state index in [2.05, 4.69) is 23.0 Å². The smallest absolute Gasteiger partial charge is 0.410 e. The Kier molecular flexibility index (Phi) is 12.3. The molecule has 5 atom stereocenters. The van der Waals surface area contributed by atoms with Crippen molar-refractivity contribution in [2.75, 3.05) is 30.6 Å². The molecule has 3 aliphatic carbocycles. The van der Waals surface area contributed by atoms with Crippen LogP contribution in [0.3, 0.4) is 0 Å². The monoisotopic (exact) mass is 648 g/mol. The lowest BCUT2D eigenvalue weighted by molar-refractivity contribution is -0.0226. The summed E-state index contributed by atoms with van der Waals surface area (Å²) in [6, 6.07) is 7.65. The van der Waals surface area contributed by atoms with Crippen molar-refractivity contribution in [2.24, 2.45) is 17.3 Å². The molecule has 3 aliphatic rings. The fourth-order valence-electron chi connectivity index (χ4n) is 6.64. The molecular formula is C27H39Cl2N4O8P. The predicted octanol–water partition coefficient (Wildman–Crippen LogP) is 3.61. The van der Waals surface area contributed by atoms with E-state index >= 15 is 0 Å². The highest BCUT2D eigenvalue weighted by Crippen LogP contribution is 2.60. The summed E-state index contributed by atoms with van der Waals surface area (Å²) in [6.07, 6.45) is 7.34. The number of amides is 1. The number of hydrogen-bond donors (Lipinski definition) is 6. The number of aryl methyl sites for hydroxylation is 1. The summed E-state index contributed by atoms with van der Waals surface area (Å²) in [6.45, 7) is 3.15. The first-order chi connectivity index (χ1) is 19.8. The van der Waals surface area contributed by atoms with Crippen molar-refractivity contribution in [1.82, 2.24) is 14.9 Å². The van der Waals surface area contributed by atoms with Gasteiger partial charge >= 0.3 is 19.6 Å². The minimum absolute atomic E-state index is 0.0996. The highest BCUT2D eigenvalue weighted by atomic mass is 35.5. The number of aromatic amines is 1. The molecule has 12 nitrogen and oxygen atoms in total. The molecule has 1 aromatic carbocycles. The van der Waals surface area contributed by atoms with Crippen LogP contribution in [-0.4, -0.2) is 71.7 Å². The average Bonchev–Trinajstić information content (AvgIpc) is 3.21. The summed E-state index contributed by atoms with van der Waals surface area (Å²) in [4.78, 5) is 51.4. The molecule has 2 aromatic rings. The molecule has 42 heavy (non-hydrogen) atoms. The first kappa shape index (κ1) is 34.3. The summed E-state index contributed by atoms with van der Waals surface area (Å²) >= 11 is 11.6. The Morgan fingerprint density at radius 1 is 1.17 bits per heavy atom. The van der Waals surface area contributed by atoms with Crippen LogP contribution < -0.4 is 16.2 Å². The van der Waals surface area contributed by atoms with Crippen molar-refractivity contribution >= 4 is 42.9 Å². The average molecular weight is 650 g/mol. The number of H-pyrrole nitrogens is 1. The lowest BCUT2D eigenvalue weighted by Gasteiger charge is -2.50. The van der Waals surface area contributed by atoms with E-state index in [-0.39, 0.29) is 11.5 Å². The molecule has 0 unspecified atom stereocenters. The Morgan fingerprint density at radius 3 is 2.40 bits per heavy atom. The Hall–Kier alpha value is -2.18. The fourth-order valence-corrected chi connectivity index (χ4v) is 7.05. The van der Waals surface area contributed by atoms with Crippen LogP contribution in [0.2, 0.25) is 0 Å². The summed E-state index contributed by atoms with van der Waals surface area (Å²) in [7, 11) is -4.64. The lowest BCUT2D eigenvalue weighted by Crippen LogP contribution is -2.43. The van der Waals surface area contributed by atoms with Gasteiger partial charge in [0.1, 0.15) is 11.6 Å². The number of nitrogens with one attached hydrogen (secondary N) is 1. The number of carbonyl (C=O) groups is 1. The van der Waals surface area contributed by atoms with E-state index in [0.717, 1.165) is 38.5 Å². The van der Waals surface area contributed by atoms with E-state index in [9.17, 15) is 14.7 Å². The van der Waals surface area contributed by atoms with E-state index in [1.165, 1.54) is 23.4 Å². The number of aromatic nitrogens is 2. The topological polar surface area (TPSA) is 199 Å². The minimum atomic E-state index is -4.64. The molecule has 0 radical (unpaired) electrons. The van der Waals surface area contributed by atoms with Crippen LogP contribution in [0.1, 0.15) is 56.1 Å². The molecule has 1 aromatic heterocycles. The van der Waals surface area contributed by atoms with Crippen LogP contribution in [0, 0.1) is 17.3 Å². The zero-order chi connectivity index (χ0) is 31.1. The van der Waals surface area contributed by atoms with Crippen LogP contribution >= 0.6 is 31.0 Å². The standard InChI is InChI=1S/C23H31Cl2NO3.C4H5N3O.H3O4P/c1-23-9-8-18-17-5-3-16(29-22(28)26(12-10-24)13-11-25)14-15(17)2-4-19(18)20(23)6-7-21(23)27;5-3-1-2-6-4(8)7-3;1-5(2,3)4/h3,5,14,18-21,27H,2,4,6-13H2,1H3;1-2H,(H3,5,6,7,8);(H3,1,2,3,4)/t18-,19-,20+,21+,23+;;/m1../s1. The number of fused-ring (bicyclic) bond motifs is 5. The van der Waals surface area contributed by atoms with Crippen molar-refractivity contribution in [1.29, 1.82) is 0 Å². The third kappa shape index (κ3) is 9.16. The van der Waals surface area contributed by atoms with Gasteiger partial charge in [0.05, 0.1) is 6.10 Å². The normalized spacial score (nSPS) is 25.8. The van der Waals surface area contributed by atoms with Crippen molar-refractivity contribution < 1.29 is 33.9 Å². The molecule has 1 amide bonds. The van der Waals surface area contributed by atoms with Gasteiger partial charge in [-0.2, -0.15) is 0 Å². The number of aliphatic hydroxyl groups excluding tert-OH is 1. The number of ether oxygens (including phenoxy) is 1. The molecular weight excluding hydrogens is 610 g/mol. The highest BCUT2D eigenvalue weighted by molar-refractivity contribution is 7.45. The third-order valence-electron chi connectivity index (χ3n) is 8.52. The maximum atomic E-state index is 12.4. The van der Waals surface area contributed by atoms with Gasteiger partial charge in [0.25, 0.3) is 0 Å². The van der Waals surface area contributed by atoms with Crippen LogP contribution in [0.4, 0.5) is 10.6 Å². The number of rotatable bonds is 5. The van der Waals surface area contributed by atoms with Crippen molar-refractivity contribution in [3.05, 3.63) is 52.1 Å². The van der Waals surface area contributed by atoms with Crippen LogP contribution in [0.25, 0.3) is 0 Å². The SMILES string of the molecule is C[C@]12CC[C@@H]3c4ccc(OC(=O)N(CCCl)CCCl)cc4CC[C@H]3[C@@H]1CC[C@@H]2O.Nc1ccnc(=O)[nH]1.O=P(O)(O)O. The highest BCUT2D eigenvalue weighted by Gasteiger charge is 2.54. The zero-order valence-corrected chi connectivity index (χ0v) is 25.8. The largest absolute Gasteiger partial charge is 0.466 e. The number of anilines is 1. The number of hydrogen-bond acceptors (Lipinski definition) is 7. The van der Waals surface area contributed by atoms with Crippen molar-refractivity contribution in [3.8, 4) is 5.75 Å². The number of aliphatic hydroxyl groups is 1. The van der Waals surface area contributed by atoms with Crippen molar-refractivity contribution in [3.63, 3.8) is 0 Å². The van der Waals surface area contributed by atoms with Gasteiger partial charge in [-0.05, 0) is 91.0 Å². The molecule has 234 valence electrons. The maximum Gasteiger partial charge on any atom is 0.466 e. The lowest BCUT2D eigenvalue weighted by atomic mass is 9.55. The number of benzene rings is 1. The van der Waals surface area contributed by atoms with Gasteiger partial charge in [-0.1, -0.05) is 13.0 Å². The Morgan fingerprint density at radius 2 is 1.83 bits per heavy atom. The molecule has 15 heteroatoms. The molecule has 2 fully saturated rings. The number of nitrogen functional groups attached to an aromatic ring is 1. The number of nitrogens with zero attached hydrogens (tertiary/aromatic N) is 2. The van der Waals surface area contributed by atoms with E-state index in [1.807, 2.05) is 12.1 Å². The quantitative estimate of drug-likeness (QED) is 0.205. The summed E-state index contributed by atoms with van der Waals surface area (Å²) in [5.74, 6) is 3.50. The molecule has 0 bridgehead atoms. The molecule has 7 N–H and O–H groups in total. The second-order valence-electron chi connectivity index (χ2n) is 11.0. The Labute approximate surface area is 254 Å². The van der Waals surface area contributed by atoms with E-state index < -0.39 is 19.6 Å². The van der Waals surface area contributed by atoms with E-state index in [0.29, 0.717) is 54.2 Å². The van der Waals surface area contributed by atoms with Gasteiger partial charge in [-0.15, -0.1) is 23.2 Å². The third-order valence-corrected chi connectivity index (χ3v) is 8.86. The second-order valence-corrected chi connectivity index (χ2v) is 12.8. The summed E-state index contributed by atoms with van der Waals surface area (Å²) in [5.41, 5.74) is 7.58. The predicted molar refractivity (Wildman–Crippen MR) is 160 cm³/mol. The van der Waals surface area contributed by atoms with E-state index in [4.69, 9.17) is 52.9 Å². The molecule has 0 aliphatic heterocycles. The van der Waals surface area contributed by atoms with Gasteiger partial charge in [-0.3, -0.25) is 4.98 Å². The fraction of sp³-hybridized carbons (Fsp3) is 0.593. The second kappa shape index (κ2) is 15.0. The molecule has 2 saturated carbocycles.